The van der Waals surface area contributed by atoms with Gasteiger partial charge in [0.05, 0.1) is 12.6 Å². The van der Waals surface area contributed by atoms with Crippen molar-refractivity contribution in [2.75, 3.05) is 6.61 Å². The van der Waals surface area contributed by atoms with Gasteiger partial charge in [0.15, 0.2) is 0 Å². The summed E-state index contributed by atoms with van der Waals surface area (Å²) in [6.07, 6.45) is 1.68. The highest BCUT2D eigenvalue weighted by Gasteiger charge is 2.24. The van der Waals surface area contributed by atoms with Crippen molar-refractivity contribution in [2.45, 2.75) is 18.5 Å². The van der Waals surface area contributed by atoms with E-state index in [1.54, 1.807) is 0 Å². The summed E-state index contributed by atoms with van der Waals surface area (Å²) >= 11 is 0. The molecule has 1 aliphatic heterocycles. The van der Waals surface area contributed by atoms with E-state index < -0.39 is 0 Å². The first kappa shape index (κ1) is 9.37. The molecule has 3 heteroatoms. The van der Waals surface area contributed by atoms with Gasteiger partial charge in [-0.15, -0.1) is 0 Å². The first-order chi connectivity index (χ1) is 6.85. The van der Waals surface area contributed by atoms with Crippen molar-refractivity contribution in [1.29, 1.82) is 0 Å². The summed E-state index contributed by atoms with van der Waals surface area (Å²) in [7, 11) is 0. The van der Waals surface area contributed by atoms with Gasteiger partial charge in [-0.2, -0.15) is 0 Å². The maximum Gasteiger partial charge on any atom is 0.141 e. The van der Waals surface area contributed by atoms with Crippen molar-refractivity contribution in [3.05, 3.63) is 35.4 Å². The normalized spacial score (nSPS) is 25.5. The van der Waals surface area contributed by atoms with Gasteiger partial charge in [0, 0.05) is 6.04 Å². The molecular weight excluding hydrogens is 178 g/mol. The molecule has 1 aromatic rings. The quantitative estimate of drug-likeness (QED) is 0.667. The SMILES string of the molecule is O=CC1NC(CO)Cc2ccccc21. The molecule has 14 heavy (non-hydrogen) atoms. The van der Waals surface area contributed by atoms with Crippen LogP contribution in [0.3, 0.4) is 0 Å². The summed E-state index contributed by atoms with van der Waals surface area (Å²) in [6.45, 7) is 0.0681. The summed E-state index contributed by atoms with van der Waals surface area (Å²) in [4.78, 5) is 10.8. The Morgan fingerprint density at radius 3 is 3.00 bits per heavy atom. The van der Waals surface area contributed by atoms with Gasteiger partial charge in [-0.25, -0.2) is 0 Å². The summed E-state index contributed by atoms with van der Waals surface area (Å²) in [5.41, 5.74) is 2.19. The first-order valence-corrected chi connectivity index (χ1v) is 4.75. The van der Waals surface area contributed by atoms with Crippen LogP contribution >= 0.6 is 0 Å². The molecule has 0 spiro atoms. The summed E-state index contributed by atoms with van der Waals surface area (Å²) in [5.74, 6) is 0. The van der Waals surface area contributed by atoms with Crippen molar-refractivity contribution in [3.63, 3.8) is 0 Å². The second kappa shape index (κ2) is 3.90. The lowest BCUT2D eigenvalue weighted by atomic mass is 9.91. The Morgan fingerprint density at radius 2 is 2.29 bits per heavy atom. The van der Waals surface area contributed by atoms with Gasteiger partial charge in [0.2, 0.25) is 0 Å². The minimum atomic E-state index is -0.267. The number of rotatable bonds is 2. The molecular formula is C11H13NO2. The van der Waals surface area contributed by atoms with Gasteiger partial charge in [0.25, 0.3) is 0 Å². The molecule has 0 aromatic heterocycles. The van der Waals surface area contributed by atoms with Crippen LogP contribution in [0, 0.1) is 0 Å². The Morgan fingerprint density at radius 1 is 1.50 bits per heavy atom. The van der Waals surface area contributed by atoms with Crippen LogP contribution in [0.15, 0.2) is 24.3 Å². The number of aliphatic hydroxyl groups is 1. The number of carbonyl (C=O) groups excluding carboxylic acids is 1. The van der Waals surface area contributed by atoms with Crippen LogP contribution in [0.2, 0.25) is 0 Å². The zero-order chi connectivity index (χ0) is 9.97. The van der Waals surface area contributed by atoms with E-state index in [1.807, 2.05) is 24.3 Å². The minimum absolute atomic E-state index is 0.0000926. The number of fused-ring (bicyclic) bond motifs is 1. The van der Waals surface area contributed by atoms with Gasteiger partial charge < -0.3 is 9.90 Å². The van der Waals surface area contributed by atoms with Crippen LogP contribution in [-0.2, 0) is 11.2 Å². The fourth-order valence-electron chi connectivity index (χ4n) is 1.92. The second-order valence-corrected chi connectivity index (χ2v) is 3.56. The van der Waals surface area contributed by atoms with Gasteiger partial charge in [-0.05, 0) is 17.5 Å². The molecule has 0 aliphatic carbocycles. The van der Waals surface area contributed by atoms with Crippen LogP contribution in [0.25, 0.3) is 0 Å². The minimum Gasteiger partial charge on any atom is -0.395 e. The smallest absolute Gasteiger partial charge is 0.141 e. The highest BCUT2D eigenvalue weighted by atomic mass is 16.3. The van der Waals surface area contributed by atoms with Gasteiger partial charge in [-0.1, -0.05) is 24.3 Å². The Kier molecular flexibility index (Phi) is 2.61. The van der Waals surface area contributed by atoms with Gasteiger partial charge in [-0.3, -0.25) is 5.32 Å². The molecule has 2 N–H and O–H groups in total. The van der Waals surface area contributed by atoms with Crippen molar-refractivity contribution in [1.82, 2.24) is 5.32 Å². The van der Waals surface area contributed by atoms with E-state index in [4.69, 9.17) is 5.11 Å². The molecule has 74 valence electrons. The molecule has 2 rings (SSSR count). The highest BCUT2D eigenvalue weighted by molar-refractivity contribution is 5.63. The van der Waals surface area contributed by atoms with E-state index in [2.05, 4.69) is 5.32 Å². The molecule has 0 radical (unpaired) electrons. The summed E-state index contributed by atoms with van der Waals surface area (Å²) < 4.78 is 0. The Bertz CT molecular complexity index is 338. The summed E-state index contributed by atoms with van der Waals surface area (Å²) in [5, 5.41) is 12.1. The van der Waals surface area contributed by atoms with E-state index in [-0.39, 0.29) is 18.7 Å². The molecule has 1 aliphatic rings. The average Bonchev–Trinajstić information content (AvgIpc) is 2.27. The zero-order valence-corrected chi connectivity index (χ0v) is 7.81. The number of hydrogen-bond acceptors (Lipinski definition) is 3. The molecule has 0 saturated carbocycles. The first-order valence-electron chi connectivity index (χ1n) is 4.75. The molecule has 2 atom stereocenters. The van der Waals surface area contributed by atoms with Crippen LogP contribution in [0.5, 0.6) is 0 Å². The Hall–Kier alpha value is -1.19. The van der Waals surface area contributed by atoms with Crippen molar-refractivity contribution in [2.24, 2.45) is 0 Å². The molecule has 0 saturated heterocycles. The second-order valence-electron chi connectivity index (χ2n) is 3.56. The van der Waals surface area contributed by atoms with Crippen LogP contribution in [0.1, 0.15) is 17.2 Å². The highest BCUT2D eigenvalue weighted by Crippen LogP contribution is 2.23. The largest absolute Gasteiger partial charge is 0.395 e. The lowest BCUT2D eigenvalue weighted by molar-refractivity contribution is -0.110. The lowest BCUT2D eigenvalue weighted by Gasteiger charge is -2.29. The fourth-order valence-corrected chi connectivity index (χ4v) is 1.92. The molecule has 1 aromatic carbocycles. The predicted molar refractivity (Wildman–Crippen MR) is 53.0 cm³/mol. The molecule has 2 unspecified atom stereocenters. The van der Waals surface area contributed by atoms with E-state index in [0.717, 1.165) is 23.8 Å². The molecule has 0 bridgehead atoms. The zero-order valence-electron chi connectivity index (χ0n) is 7.81. The van der Waals surface area contributed by atoms with Crippen molar-refractivity contribution in [3.8, 4) is 0 Å². The monoisotopic (exact) mass is 191 g/mol. The van der Waals surface area contributed by atoms with Crippen LogP contribution < -0.4 is 5.32 Å². The summed E-state index contributed by atoms with van der Waals surface area (Å²) in [6, 6.07) is 7.58. The molecule has 0 amide bonds. The predicted octanol–water partition coefficient (Wildman–Crippen LogP) is 0.433. The van der Waals surface area contributed by atoms with Gasteiger partial charge >= 0.3 is 0 Å². The van der Waals surface area contributed by atoms with E-state index in [1.165, 1.54) is 0 Å². The number of benzene rings is 1. The number of hydrogen-bond donors (Lipinski definition) is 2. The fraction of sp³-hybridized carbons (Fsp3) is 0.364. The standard InChI is InChI=1S/C11H13NO2/c13-6-9-5-8-3-1-2-4-10(8)11(7-14)12-9/h1-4,7,9,11-13H,5-6H2. The third-order valence-corrected chi connectivity index (χ3v) is 2.63. The Balaban J connectivity index is 2.35. The maximum atomic E-state index is 10.8. The van der Waals surface area contributed by atoms with E-state index >= 15 is 0 Å². The van der Waals surface area contributed by atoms with Crippen molar-refractivity contribution < 1.29 is 9.90 Å². The topological polar surface area (TPSA) is 49.3 Å². The maximum absolute atomic E-state index is 10.8. The van der Waals surface area contributed by atoms with E-state index in [0.29, 0.717) is 0 Å². The lowest BCUT2D eigenvalue weighted by Crippen LogP contribution is -2.42. The molecule has 1 heterocycles. The number of carbonyl (C=O) groups is 1. The van der Waals surface area contributed by atoms with Crippen LogP contribution in [-0.4, -0.2) is 24.0 Å². The van der Waals surface area contributed by atoms with Crippen molar-refractivity contribution >= 4 is 6.29 Å². The third-order valence-electron chi connectivity index (χ3n) is 2.63. The number of aliphatic hydroxyl groups excluding tert-OH is 1. The number of nitrogens with one attached hydrogen (secondary N) is 1. The molecule has 3 nitrogen and oxygen atoms in total. The Labute approximate surface area is 82.8 Å². The average molecular weight is 191 g/mol. The van der Waals surface area contributed by atoms with Crippen LogP contribution in [0.4, 0.5) is 0 Å². The van der Waals surface area contributed by atoms with Gasteiger partial charge in [0.1, 0.15) is 6.29 Å². The van der Waals surface area contributed by atoms with E-state index in [9.17, 15) is 4.79 Å². The number of aldehydes is 1. The molecule has 0 fully saturated rings. The third kappa shape index (κ3) is 1.56.